The smallest absolute Gasteiger partial charge is 0.251 e. The highest BCUT2D eigenvalue weighted by molar-refractivity contribution is 5.94. The zero-order valence-electron chi connectivity index (χ0n) is 12.9. The zero-order chi connectivity index (χ0) is 15.4. The highest BCUT2D eigenvalue weighted by Gasteiger charge is 2.29. The van der Waals surface area contributed by atoms with Crippen LogP contribution in [0, 0.1) is 17.2 Å². The van der Waals surface area contributed by atoms with Gasteiger partial charge in [-0.15, -0.1) is 0 Å². The van der Waals surface area contributed by atoms with Crippen molar-refractivity contribution in [3.05, 3.63) is 35.4 Å². The van der Waals surface area contributed by atoms with E-state index >= 15 is 0 Å². The zero-order valence-corrected chi connectivity index (χ0v) is 12.9. The molecule has 1 aromatic rings. The Morgan fingerprint density at radius 2 is 2.14 bits per heavy atom. The number of nitrogens with one attached hydrogen (secondary N) is 1. The van der Waals surface area contributed by atoms with E-state index < -0.39 is 0 Å². The summed E-state index contributed by atoms with van der Waals surface area (Å²) in [5.41, 5.74) is 1.10. The molecule has 1 atom stereocenters. The first-order chi connectivity index (χ1) is 10.8. The highest BCUT2D eigenvalue weighted by Crippen LogP contribution is 2.28. The van der Waals surface area contributed by atoms with Crippen molar-refractivity contribution >= 4 is 5.91 Å². The van der Waals surface area contributed by atoms with Crippen LogP contribution in [0.1, 0.15) is 48.0 Å². The van der Waals surface area contributed by atoms with Gasteiger partial charge in [0.15, 0.2) is 0 Å². The fraction of sp³-hybridized carbons (Fsp3) is 0.556. The molecule has 1 heterocycles. The number of carbonyl (C=O) groups excluding carboxylic acids is 1. The molecule has 2 fully saturated rings. The molecule has 22 heavy (non-hydrogen) atoms. The summed E-state index contributed by atoms with van der Waals surface area (Å²) in [6.45, 7) is 3.02. The third kappa shape index (κ3) is 3.48. The van der Waals surface area contributed by atoms with Gasteiger partial charge in [0.2, 0.25) is 0 Å². The Morgan fingerprint density at radius 1 is 1.32 bits per heavy atom. The Morgan fingerprint density at radius 3 is 2.91 bits per heavy atom. The molecular formula is C18H23N3O. The summed E-state index contributed by atoms with van der Waals surface area (Å²) in [6, 6.07) is 9.73. The number of hydrogen-bond donors (Lipinski definition) is 1. The molecule has 0 spiro atoms. The summed E-state index contributed by atoms with van der Waals surface area (Å²) in [6.07, 6.45) is 6.62. The van der Waals surface area contributed by atoms with Crippen LogP contribution in [0.2, 0.25) is 0 Å². The van der Waals surface area contributed by atoms with E-state index in [1.165, 1.54) is 38.6 Å². The lowest BCUT2D eigenvalue weighted by Crippen LogP contribution is -2.34. The van der Waals surface area contributed by atoms with E-state index in [1.54, 1.807) is 24.3 Å². The van der Waals surface area contributed by atoms with E-state index in [0.717, 1.165) is 19.1 Å². The van der Waals surface area contributed by atoms with Crippen LogP contribution < -0.4 is 5.32 Å². The third-order valence-electron chi connectivity index (χ3n) is 4.96. The van der Waals surface area contributed by atoms with Gasteiger partial charge in [-0.3, -0.25) is 4.79 Å². The van der Waals surface area contributed by atoms with Crippen LogP contribution in [0.25, 0.3) is 0 Å². The van der Waals surface area contributed by atoms with Gasteiger partial charge in [0.05, 0.1) is 11.6 Å². The van der Waals surface area contributed by atoms with Crippen molar-refractivity contribution in [2.45, 2.75) is 38.1 Å². The van der Waals surface area contributed by atoms with Crippen LogP contribution in [0.3, 0.4) is 0 Å². The number of amides is 1. The molecule has 1 saturated heterocycles. The first kappa shape index (κ1) is 15.1. The van der Waals surface area contributed by atoms with Crippen molar-refractivity contribution in [1.29, 1.82) is 5.26 Å². The molecule has 1 aliphatic heterocycles. The minimum atomic E-state index is -0.0728. The topological polar surface area (TPSA) is 56.1 Å². The maximum Gasteiger partial charge on any atom is 0.251 e. The standard InChI is InChI=1S/C18H23N3O/c19-11-14-4-3-5-16(10-14)18(22)20-12-15-8-9-21(13-15)17-6-1-2-7-17/h3-5,10,15,17H,1-2,6-9,12-13H2,(H,20,22). The molecule has 4 heteroatoms. The molecule has 1 amide bonds. The fourth-order valence-corrected chi connectivity index (χ4v) is 3.70. The number of nitrogens with zero attached hydrogens (tertiary/aromatic N) is 2. The van der Waals surface area contributed by atoms with E-state index in [2.05, 4.69) is 16.3 Å². The van der Waals surface area contributed by atoms with Gasteiger partial charge in [0.1, 0.15) is 0 Å². The second-order valence-corrected chi connectivity index (χ2v) is 6.49. The predicted molar refractivity (Wildman–Crippen MR) is 85.4 cm³/mol. The summed E-state index contributed by atoms with van der Waals surface area (Å²) in [7, 11) is 0. The van der Waals surface area contributed by atoms with Crippen LogP contribution in [0.4, 0.5) is 0 Å². The number of benzene rings is 1. The SMILES string of the molecule is N#Cc1cccc(C(=O)NCC2CCN(C3CCCC3)C2)c1. The van der Waals surface area contributed by atoms with Crippen LogP contribution in [0.5, 0.6) is 0 Å². The number of hydrogen-bond acceptors (Lipinski definition) is 3. The van der Waals surface area contributed by atoms with E-state index in [4.69, 9.17) is 5.26 Å². The molecule has 0 radical (unpaired) electrons. The largest absolute Gasteiger partial charge is 0.352 e. The molecule has 1 N–H and O–H groups in total. The summed E-state index contributed by atoms with van der Waals surface area (Å²) in [5, 5.41) is 11.9. The summed E-state index contributed by atoms with van der Waals surface area (Å²) < 4.78 is 0. The first-order valence-corrected chi connectivity index (χ1v) is 8.28. The van der Waals surface area contributed by atoms with Gasteiger partial charge in [-0.25, -0.2) is 0 Å². The van der Waals surface area contributed by atoms with Gasteiger partial charge in [-0.05, 0) is 49.9 Å². The van der Waals surface area contributed by atoms with Crippen LogP contribution in [0.15, 0.2) is 24.3 Å². The minimum Gasteiger partial charge on any atom is -0.352 e. The lowest BCUT2D eigenvalue weighted by atomic mass is 10.1. The van der Waals surface area contributed by atoms with Gasteiger partial charge in [-0.2, -0.15) is 5.26 Å². The molecule has 116 valence electrons. The van der Waals surface area contributed by atoms with Crippen molar-refractivity contribution in [1.82, 2.24) is 10.2 Å². The van der Waals surface area contributed by atoms with Crippen molar-refractivity contribution in [2.75, 3.05) is 19.6 Å². The monoisotopic (exact) mass is 297 g/mol. The third-order valence-corrected chi connectivity index (χ3v) is 4.96. The molecule has 0 aromatic heterocycles. The lowest BCUT2D eigenvalue weighted by Gasteiger charge is -2.23. The van der Waals surface area contributed by atoms with Gasteiger partial charge < -0.3 is 10.2 Å². The number of rotatable bonds is 4. The molecular weight excluding hydrogens is 274 g/mol. The van der Waals surface area contributed by atoms with Gasteiger partial charge in [0.25, 0.3) is 5.91 Å². The van der Waals surface area contributed by atoms with Crippen LogP contribution in [-0.2, 0) is 0 Å². The highest BCUT2D eigenvalue weighted by atomic mass is 16.1. The summed E-state index contributed by atoms with van der Waals surface area (Å²) in [4.78, 5) is 14.8. The summed E-state index contributed by atoms with van der Waals surface area (Å²) in [5.74, 6) is 0.486. The Bertz CT molecular complexity index is 572. The minimum absolute atomic E-state index is 0.0728. The molecule has 1 aliphatic carbocycles. The molecule has 0 bridgehead atoms. The average molecular weight is 297 g/mol. The quantitative estimate of drug-likeness (QED) is 0.929. The van der Waals surface area contributed by atoms with Crippen LogP contribution >= 0.6 is 0 Å². The van der Waals surface area contributed by atoms with Crippen LogP contribution in [-0.4, -0.2) is 36.5 Å². The molecule has 4 nitrogen and oxygen atoms in total. The molecule has 1 saturated carbocycles. The van der Waals surface area contributed by atoms with Gasteiger partial charge in [0, 0.05) is 24.7 Å². The number of nitriles is 1. The van der Waals surface area contributed by atoms with Gasteiger partial charge >= 0.3 is 0 Å². The molecule has 2 aliphatic rings. The van der Waals surface area contributed by atoms with E-state index in [-0.39, 0.29) is 5.91 Å². The van der Waals surface area contributed by atoms with Crippen molar-refractivity contribution < 1.29 is 4.79 Å². The fourth-order valence-electron chi connectivity index (χ4n) is 3.70. The first-order valence-electron chi connectivity index (χ1n) is 8.28. The van der Waals surface area contributed by atoms with E-state index in [1.807, 2.05) is 0 Å². The van der Waals surface area contributed by atoms with E-state index in [0.29, 0.717) is 17.0 Å². The molecule has 3 rings (SSSR count). The van der Waals surface area contributed by atoms with E-state index in [9.17, 15) is 4.79 Å². The second-order valence-electron chi connectivity index (χ2n) is 6.49. The average Bonchev–Trinajstić information content (AvgIpc) is 3.23. The maximum atomic E-state index is 12.2. The Kier molecular flexibility index (Phi) is 4.74. The Labute approximate surface area is 132 Å². The second kappa shape index (κ2) is 6.93. The summed E-state index contributed by atoms with van der Waals surface area (Å²) >= 11 is 0. The van der Waals surface area contributed by atoms with Crippen molar-refractivity contribution in [3.8, 4) is 6.07 Å². The van der Waals surface area contributed by atoms with Crippen molar-refractivity contribution in [2.24, 2.45) is 5.92 Å². The lowest BCUT2D eigenvalue weighted by molar-refractivity contribution is 0.0947. The van der Waals surface area contributed by atoms with Crippen molar-refractivity contribution in [3.63, 3.8) is 0 Å². The van der Waals surface area contributed by atoms with Gasteiger partial charge in [-0.1, -0.05) is 18.9 Å². The Hall–Kier alpha value is -1.86. The maximum absolute atomic E-state index is 12.2. The molecule has 1 unspecified atom stereocenters. The number of carbonyl (C=O) groups is 1. The Balaban J connectivity index is 1.48. The molecule has 1 aromatic carbocycles. The number of likely N-dealkylation sites (tertiary alicyclic amines) is 1. The normalized spacial score (nSPS) is 22.6. The predicted octanol–water partition coefficient (Wildman–Crippen LogP) is 2.55.